The van der Waals surface area contributed by atoms with Crippen LogP contribution in [0.5, 0.6) is 5.88 Å². The summed E-state index contributed by atoms with van der Waals surface area (Å²) in [5, 5.41) is 12.2. The molecule has 0 spiro atoms. The Bertz CT molecular complexity index is 1220. The van der Waals surface area contributed by atoms with Crippen LogP contribution in [-0.4, -0.2) is 65.1 Å². The van der Waals surface area contributed by atoms with Gasteiger partial charge in [0, 0.05) is 37.5 Å². The van der Waals surface area contributed by atoms with Crippen LogP contribution in [0.4, 0.5) is 0 Å². The van der Waals surface area contributed by atoms with Gasteiger partial charge in [-0.25, -0.2) is 0 Å². The molecule has 2 heterocycles. The van der Waals surface area contributed by atoms with E-state index >= 15 is 0 Å². The zero-order valence-electron chi connectivity index (χ0n) is 20.7. The van der Waals surface area contributed by atoms with Crippen molar-refractivity contribution in [2.45, 2.75) is 45.6 Å². The first kappa shape index (κ1) is 23.8. The van der Waals surface area contributed by atoms with E-state index in [9.17, 15) is 9.90 Å². The van der Waals surface area contributed by atoms with Crippen LogP contribution in [0, 0.1) is 12.8 Å². The lowest BCUT2D eigenvalue weighted by atomic mass is 9.85. The van der Waals surface area contributed by atoms with Gasteiger partial charge < -0.3 is 9.84 Å². The van der Waals surface area contributed by atoms with Gasteiger partial charge >= 0.3 is 0 Å². The van der Waals surface area contributed by atoms with Crippen LogP contribution in [0.3, 0.4) is 0 Å². The number of rotatable bonds is 5. The molecular weight excluding hydrogens is 438 g/mol. The van der Waals surface area contributed by atoms with Crippen molar-refractivity contribution < 1.29 is 14.6 Å². The maximum atomic E-state index is 12.5. The van der Waals surface area contributed by atoms with Crippen molar-refractivity contribution >= 4 is 22.5 Å². The van der Waals surface area contributed by atoms with Gasteiger partial charge in [0.05, 0.1) is 36.0 Å². The molecule has 0 amide bonds. The zero-order valence-corrected chi connectivity index (χ0v) is 20.7. The van der Waals surface area contributed by atoms with Gasteiger partial charge in [0.1, 0.15) is 0 Å². The molecule has 1 aromatic heterocycles. The Labute approximate surface area is 207 Å². The quantitative estimate of drug-likeness (QED) is 0.527. The number of morpholine rings is 1. The number of aromatic nitrogens is 1. The monoisotopic (exact) mass is 473 g/mol. The lowest BCUT2D eigenvalue weighted by molar-refractivity contribution is 0.0274. The van der Waals surface area contributed by atoms with Gasteiger partial charge in [-0.2, -0.15) is 0 Å². The molecule has 1 saturated heterocycles. The van der Waals surface area contributed by atoms with E-state index < -0.39 is 0 Å². The van der Waals surface area contributed by atoms with Crippen LogP contribution < -0.4 is 0 Å². The first-order valence-corrected chi connectivity index (χ1v) is 12.8. The summed E-state index contributed by atoms with van der Waals surface area (Å²) in [6.07, 6.45) is 4.40. The highest BCUT2D eigenvalue weighted by Crippen LogP contribution is 2.36. The zero-order chi connectivity index (χ0) is 24.4. The molecule has 1 aliphatic heterocycles. The molecule has 0 bridgehead atoms. The van der Waals surface area contributed by atoms with Gasteiger partial charge in [0.15, 0.2) is 0 Å². The van der Waals surface area contributed by atoms with Crippen LogP contribution in [0.15, 0.2) is 53.5 Å². The van der Waals surface area contributed by atoms with Gasteiger partial charge in [-0.3, -0.25) is 19.3 Å². The maximum absolute atomic E-state index is 12.5. The van der Waals surface area contributed by atoms with Crippen molar-refractivity contribution in [3.63, 3.8) is 0 Å². The molecule has 0 radical (unpaired) electrons. The fourth-order valence-electron chi connectivity index (χ4n) is 5.60. The standard InChI is InChI=1S/C29H35N3O3/c1-20-8-13-25-26(18-20)32(21(2)33)29(34)27(25)28(23-6-4-3-5-7-23)30-24-11-9-22(10-12-24)19-31-14-16-35-17-15-31/h3-8,13,18,22,24,34H,9-12,14-17,19H2,1-2H3. The van der Waals surface area contributed by atoms with Gasteiger partial charge in [-0.1, -0.05) is 42.5 Å². The number of hydrogen-bond acceptors (Lipinski definition) is 5. The lowest BCUT2D eigenvalue weighted by Crippen LogP contribution is -2.40. The number of carbonyl (C=O) groups is 1. The van der Waals surface area contributed by atoms with Gasteiger partial charge in [0.25, 0.3) is 0 Å². The van der Waals surface area contributed by atoms with Crippen molar-refractivity contribution in [2.75, 3.05) is 32.8 Å². The third-order valence-corrected chi connectivity index (χ3v) is 7.45. The summed E-state index contributed by atoms with van der Waals surface area (Å²) in [4.78, 5) is 20.3. The minimum Gasteiger partial charge on any atom is -0.494 e. The minimum atomic E-state index is -0.208. The summed E-state index contributed by atoms with van der Waals surface area (Å²) in [6, 6.07) is 16.2. The largest absolute Gasteiger partial charge is 0.494 e. The molecular formula is C29H35N3O3. The van der Waals surface area contributed by atoms with Gasteiger partial charge in [-0.15, -0.1) is 0 Å². The van der Waals surface area contributed by atoms with E-state index in [1.807, 2.05) is 55.5 Å². The Hall–Kier alpha value is -2.96. The molecule has 2 aliphatic rings. The second-order valence-electron chi connectivity index (χ2n) is 10.0. The van der Waals surface area contributed by atoms with Crippen LogP contribution in [-0.2, 0) is 4.74 Å². The molecule has 1 saturated carbocycles. The molecule has 6 nitrogen and oxygen atoms in total. The number of benzene rings is 2. The SMILES string of the molecule is CC(=O)n1c(O)c(C(=NC2CCC(CN3CCOCC3)CC2)c2ccccc2)c2ccc(C)cc21. The lowest BCUT2D eigenvalue weighted by Gasteiger charge is -2.33. The van der Waals surface area contributed by atoms with Gasteiger partial charge in [0.2, 0.25) is 11.8 Å². The summed E-state index contributed by atoms with van der Waals surface area (Å²) in [5.74, 6) is 0.470. The summed E-state index contributed by atoms with van der Waals surface area (Å²) in [6.45, 7) is 8.39. The Morgan fingerprint density at radius 3 is 2.46 bits per heavy atom. The summed E-state index contributed by atoms with van der Waals surface area (Å²) < 4.78 is 6.91. The molecule has 184 valence electrons. The molecule has 1 N–H and O–H groups in total. The van der Waals surface area contributed by atoms with Crippen molar-refractivity contribution in [1.29, 1.82) is 0 Å². The number of nitrogens with zero attached hydrogens (tertiary/aromatic N) is 3. The topological polar surface area (TPSA) is 67.1 Å². The van der Waals surface area contributed by atoms with Crippen molar-refractivity contribution in [3.8, 4) is 5.88 Å². The van der Waals surface area contributed by atoms with Crippen LogP contribution in [0.25, 0.3) is 10.9 Å². The van der Waals surface area contributed by atoms with E-state index in [1.54, 1.807) is 0 Å². The predicted octanol–water partition coefficient (Wildman–Crippen LogP) is 5.04. The van der Waals surface area contributed by atoms with Crippen molar-refractivity contribution in [1.82, 2.24) is 9.47 Å². The van der Waals surface area contributed by atoms with Crippen LogP contribution in [0.1, 0.15) is 54.1 Å². The fourth-order valence-corrected chi connectivity index (χ4v) is 5.60. The third-order valence-electron chi connectivity index (χ3n) is 7.45. The average Bonchev–Trinajstić information content (AvgIpc) is 3.15. The Morgan fingerprint density at radius 2 is 1.77 bits per heavy atom. The molecule has 1 aliphatic carbocycles. The average molecular weight is 474 g/mol. The molecule has 2 fully saturated rings. The van der Waals surface area contributed by atoms with E-state index in [0.717, 1.165) is 86.3 Å². The minimum absolute atomic E-state index is 0.0262. The third kappa shape index (κ3) is 5.04. The van der Waals surface area contributed by atoms with E-state index in [1.165, 1.54) is 11.5 Å². The number of aliphatic imine (C=N–C) groups is 1. The van der Waals surface area contributed by atoms with E-state index in [-0.39, 0.29) is 17.8 Å². The van der Waals surface area contributed by atoms with Crippen LogP contribution in [0.2, 0.25) is 0 Å². The first-order chi connectivity index (χ1) is 17.0. The normalized spacial score (nSPS) is 21.9. The molecule has 3 aromatic rings. The van der Waals surface area contributed by atoms with E-state index in [0.29, 0.717) is 11.5 Å². The molecule has 35 heavy (non-hydrogen) atoms. The van der Waals surface area contributed by atoms with E-state index in [2.05, 4.69) is 4.90 Å². The Morgan fingerprint density at radius 1 is 1.06 bits per heavy atom. The number of hydrogen-bond donors (Lipinski definition) is 1. The first-order valence-electron chi connectivity index (χ1n) is 12.8. The van der Waals surface area contributed by atoms with E-state index in [4.69, 9.17) is 9.73 Å². The molecule has 2 aromatic carbocycles. The molecule has 0 unspecified atom stereocenters. The number of aryl methyl sites for hydroxylation is 1. The Kier molecular flexibility index (Phi) is 7.02. The predicted molar refractivity (Wildman–Crippen MR) is 140 cm³/mol. The fraction of sp³-hybridized carbons (Fsp3) is 0.448. The number of aromatic hydroxyl groups is 1. The second-order valence-corrected chi connectivity index (χ2v) is 10.0. The summed E-state index contributed by atoms with van der Waals surface area (Å²) in [5.41, 5.74) is 4.15. The van der Waals surface area contributed by atoms with Crippen molar-refractivity contribution in [2.24, 2.45) is 10.9 Å². The molecule has 0 atom stereocenters. The molecule has 5 rings (SSSR count). The smallest absolute Gasteiger partial charge is 0.230 e. The summed E-state index contributed by atoms with van der Waals surface area (Å²) in [7, 11) is 0. The van der Waals surface area contributed by atoms with Crippen LogP contribution >= 0.6 is 0 Å². The number of ether oxygens (including phenoxy) is 1. The highest BCUT2D eigenvalue weighted by atomic mass is 16.5. The van der Waals surface area contributed by atoms with Crippen molar-refractivity contribution in [3.05, 3.63) is 65.2 Å². The van der Waals surface area contributed by atoms with Gasteiger partial charge in [-0.05, 0) is 50.2 Å². The number of carbonyl (C=O) groups excluding carboxylic acids is 1. The summed E-state index contributed by atoms with van der Waals surface area (Å²) >= 11 is 0. The number of fused-ring (bicyclic) bond motifs is 1. The molecule has 6 heteroatoms. The highest BCUT2D eigenvalue weighted by Gasteiger charge is 2.27. The Balaban J connectivity index is 1.48. The second kappa shape index (κ2) is 10.3. The highest BCUT2D eigenvalue weighted by molar-refractivity contribution is 6.22. The maximum Gasteiger partial charge on any atom is 0.230 e.